The van der Waals surface area contributed by atoms with Gasteiger partial charge in [0.2, 0.25) is 0 Å². The number of anilines is 1. The van der Waals surface area contributed by atoms with Gasteiger partial charge in [-0.1, -0.05) is 28.9 Å². The highest BCUT2D eigenvalue weighted by Gasteiger charge is 2.09. The molecule has 6 nitrogen and oxygen atoms in total. The number of halogens is 1. The van der Waals surface area contributed by atoms with Gasteiger partial charge in [0, 0.05) is 0 Å². The molecule has 0 amide bonds. The van der Waals surface area contributed by atoms with E-state index < -0.39 is 0 Å². The third kappa shape index (κ3) is 2.21. The Hall–Kier alpha value is -2.47. The highest BCUT2D eigenvalue weighted by atomic mass is 35.5. The molecule has 0 aliphatic rings. The molecule has 0 aliphatic carbocycles. The van der Waals surface area contributed by atoms with Gasteiger partial charge < -0.3 is 5.73 Å². The highest BCUT2D eigenvalue weighted by Crippen LogP contribution is 2.15. The van der Waals surface area contributed by atoms with Crippen LogP contribution >= 0.6 is 11.6 Å². The standard InChI is InChI=1S/C13H10ClN5O/c14-9-5-6-12(15)16-11(9)7-19-13(20)8-3-1-2-4-10(8)17-18-19/h1-6H,7H2,(H2,15,16). The van der Waals surface area contributed by atoms with Crippen LogP contribution in [-0.4, -0.2) is 20.0 Å². The largest absolute Gasteiger partial charge is 0.384 e. The number of pyridine rings is 1. The van der Waals surface area contributed by atoms with Crippen molar-refractivity contribution in [2.24, 2.45) is 0 Å². The van der Waals surface area contributed by atoms with E-state index in [0.29, 0.717) is 27.4 Å². The first-order valence-electron chi connectivity index (χ1n) is 5.88. The number of hydrogen-bond acceptors (Lipinski definition) is 5. The van der Waals surface area contributed by atoms with Gasteiger partial charge in [0.05, 0.1) is 22.6 Å². The van der Waals surface area contributed by atoms with Crippen molar-refractivity contribution in [2.45, 2.75) is 6.54 Å². The predicted octanol–water partition coefficient (Wildman–Crippen LogP) is 1.47. The number of fused-ring (bicyclic) bond motifs is 1. The van der Waals surface area contributed by atoms with E-state index in [1.807, 2.05) is 0 Å². The lowest BCUT2D eigenvalue weighted by atomic mass is 10.2. The Morgan fingerprint density at radius 2 is 2.00 bits per heavy atom. The zero-order chi connectivity index (χ0) is 14.1. The Kier molecular flexibility index (Phi) is 3.08. The molecule has 0 saturated carbocycles. The van der Waals surface area contributed by atoms with Gasteiger partial charge in [-0.25, -0.2) is 9.67 Å². The second-order valence-corrected chi connectivity index (χ2v) is 4.64. The van der Waals surface area contributed by atoms with Crippen LogP contribution in [0.15, 0.2) is 41.2 Å². The summed E-state index contributed by atoms with van der Waals surface area (Å²) in [5.41, 5.74) is 6.42. The molecule has 100 valence electrons. The molecule has 2 N–H and O–H groups in total. The van der Waals surface area contributed by atoms with Crippen LogP contribution in [-0.2, 0) is 6.54 Å². The zero-order valence-electron chi connectivity index (χ0n) is 10.3. The zero-order valence-corrected chi connectivity index (χ0v) is 11.1. The summed E-state index contributed by atoms with van der Waals surface area (Å²) in [7, 11) is 0. The SMILES string of the molecule is Nc1ccc(Cl)c(Cn2nnc3ccccc3c2=O)n1. The summed E-state index contributed by atoms with van der Waals surface area (Å²) in [6.07, 6.45) is 0. The number of nitrogens with two attached hydrogens (primary N) is 1. The van der Waals surface area contributed by atoms with Gasteiger partial charge in [-0.2, -0.15) is 0 Å². The number of aromatic nitrogens is 4. The summed E-state index contributed by atoms with van der Waals surface area (Å²) < 4.78 is 1.22. The lowest BCUT2D eigenvalue weighted by Gasteiger charge is -2.06. The van der Waals surface area contributed by atoms with Crippen LogP contribution < -0.4 is 11.3 Å². The van der Waals surface area contributed by atoms with Crippen LogP contribution in [0.25, 0.3) is 10.9 Å². The molecule has 1 aromatic carbocycles. The first kappa shape index (κ1) is 12.6. The van der Waals surface area contributed by atoms with E-state index in [-0.39, 0.29) is 12.1 Å². The average Bonchev–Trinajstić information content (AvgIpc) is 2.46. The van der Waals surface area contributed by atoms with Crippen molar-refractivity contribution in [3.63, 3.8) is 0 Å². The van der Waals surface area contributed by atoms with Crippen molar-refractivity contribution in [3.05, 3.63) is 57.5 Å². The quantitative estimate of drug-likeness (QED) is 0.771. The second-order valence-electron chi connectivity index (χ2n) is 4.23. The van der Waals surface area contributed by atoms with Gasteiger partial charge in [0.15, 0.2) is 0 Å². The van der Waals surface area contributed by atoms with E-state index in [2.05, 4.69) is 15.3 Å². The minimum absolute atomic E-state index is 0.126. The lowest BCUT2D eigenvalue weighted by molar-refractivity contribution is 0.592. The molecule has 0 saturated heterocycles. The molecule has 3 rings (SSSR count). The number of benzene rings is 1. The van der Waals surface area contributed by atoms with Crippen molar-refractivity contribution in [1.29, 1.82) is 0 Å². The number of hydrogen-bond donors (Lipinski definition) is 1. The maximum atomic E-state index is 12.3. The molecule has 3 aromatic rings. The van der Waals surface area contributed by atoms with E-state index in [0.717, 1.165) is 0 Å². The molecule has 0 fully saturated rings. The molecular formula is C13H10ClN5O. The minimum atomic E-state index is -0.240. The summed E-state index contributed by atoms with van der Waals surface area (Å²) in [5, 5.41) is 8.82. The van der Waals surface area contributed by atoms with E-state index in [4.69, 9.17) is 17.3 Å². The smallest absolute Gasteiger partial charge is 0.277 e. The summed E-state index contributed by atoms with van der Waals surface area (Å²) in [5.74, 6) is 0.339. The first-order chi connectivity index (χ1) is 9.65. The molecule has 0 aliphatic heterocycles. The third-order valence-electron chi connectivity index (χ3n) is 2.87. The molecule has 0 unspecified atom stereocenters. The highest BCUT2D eigenvalue weighted by molar-refractivity contribution is 6.31. The fourth-order valence-corrected chi connectivity index (χ4v) is 2.05. The Bertz CT molecular complexity index is 846. The fraction of sp³-hybridized carbons (Fsp3) is 0.0769. The van der Waals surface area contributed by atoms with Crippen LogP contribution in [0.1, 0.15) is 5.69 Å². The number of rotatable bonds is 2. The Balaban J connectivity index is 2.09. The summed E-state index contributed by atoms with van der Waals surface area (Å²) in [6.45, 7) is 0.126. The molecule has 0 spiro atoms. The molecule has 2 aromatic heterocycles. The Labute approximate surface area is 118 Å². The number of nitrogens with zero attached hydrogens (tertiary/aromatic N) is 4. The lowest BCUT2D eigenvalue weighted by Crippen LogP contribution is -2.25. The normalized spacial score (nSPS) is 10.8. The summed E-state index contributed by atoms with van der Waals surface area (Å²) in [4.78, 5) is 16.4. The molecule has 20 heavy (non-hydrogen) atoms. The Morgan fingerprint density at radius 1 is 1.20 bits per heavy atom. The van der Waals surface area contributed by atoms with Crippen LogP contribution in [0, 0.1) is 0 Å². The molecular weight excluding hydrogens is 278 g/mol. The summed E-state index contributed by atoms with van der Waals surface area (Å²) >= 11 is 6.04. The molecule has 2 heterocycles. The van der Waals surface area contributed by atoms with Gasteiger partial charge in [-0.3, -0.25) is 4.79 Å². The van der Waals surface area contributed by atoms with Gasteiger partial charge in [-0.15, -0.1) is 5.10 Å². The maximum Gasteiger partial charge on any atom is 0.277 e. The monoisotopic (exact) mass is 287 g/mol. The minimum Gasteiger partial charge on any atom is -0.384 e. The third-order valence-corrected chi connectivity index (χ3v) is 3.21. The molecule has 0 bridgehead atoms. The van der Waals surface area contributed by atoms with Crippen molar-refractivity contribution < 1.29 is 0 Å². The summed E-state index contributed by atoms with van der Waals surface area (Å²) in [6, 6.07) is 10.3. The van der Waals surface area contributed by atoms with E-state index in [9.17, 15) is 4.79 Å². The van der Waals surface area contributed by atoms with Gasteiger partial charge in [-0.05, 0) is 24.3 Å². The van der Waals surface area contributed by atoms with Crippen LogP contribution in [0.5, 0.6) is 0 Å². The van der Waals surface area contributed by atoms with E-state index >= 15 is 0 Å². The van der Waals surface area contributed by atoms with E-state index in [1.165, 1.54) is 4.68 Å². The Morgan fingerprint density at radius 3 is 2.85 bits per heavy atom. The van der Waals surface area contributed by atoms with Gasteiger partial charge in [0.25, 0.3) is 5.56 Å². The van der Waals surface area contributed by atoms with Crippen LogP contribution in [0.3, 0.4) is 0 Å². The fourth-order valence-electron chi connectivity index (χ4n) is 1.88. The molecule has 7 heteroatoms. The first-order valence-corrected chi connectivity index (χ1v) is 6.26. The van der Waals surface area contributed by atoms with E-state index in [1.54, 1.807) is 36.4 Å². The predicted molar refractivity (Wildman–Crippen MR) is 76.6 cm³/mol. The van der Waals surface area contributed by atoms with Crippen molar-refractivity contribution in [3.8, 4) is 0 Å². The van der Waals surface area contributed by atoms with Crippen molar-refractivity contribution >= 4 is 28.3 Å². The van der Waals surface area contributed by atoms with Crippen molar-refractivity contribution in [1.82, 2.24) is 20.0 Å². The second kappa shape index (κ2) is 4.90. The molecule has 0 atom stereocenters. The number of nitrogen functional groups attached to an aromatic ring is 1. The maximum absolute atomic E-state index is 12.3. The van der Waals surface area contributed by atoms with Crippen LogP contribution in [0.2, 0.25) is 5.02 Å². The topological polar surface area (TPSA) is 86.7 Å². The molecule has 0 radical (unpaired) electrons. The van der Waals surface area contributed by atoms with Gasteiger partial charge >= 0.3 is 0 Å². The van der Waals surface area contributed by atoms with Crippen molar-refractivity contribution in [2.75, 3.05) is 5.73 Å². The average molecular weight is 288 g/mol. The van der Waals surface area contributed by atoms with Crippen LogP contribution in [0.4, 0.5) is 5.82 Å². The van der Waals surface area contributed by atoms with Gasteiger partial charge in [0.1, 0.15) is 11.3 Å².